The first-order chi connectivity index (χ1) is 12.3. The van der Waals surface area contributed by atoms with E-state index in [0.29, 0.717) is 6.42 Å². The van der Waals surface area contributed by atoms with Crippen LogP contribution in [0.15, 0.2) is 0 Å². The maximum atomic E-state index is 10.9. The number of aliphatic carboxylic acids is 1. The molecule has 0 aliphatic rings. The first-order valence-corrected chi connectivity index (χ1v) is 7.50. The smallest absolute Gasteiger partial charge is 0.322 e. The Balaban J connectivity index is -0.0000000357. The van der Waals surface area contributed by atoms with Crippen LogP contribution in [-0.4, -0.2) is 33.8 Å². The molecule has 0 aromatic heterocycles. The van der Waals surface area contributed by atoms with Gasteiger partial charge < -0.3 is 15.6 Å². The summed E-state index contributed by atoms with van der Waals surface area (Å²) in [7, 11) is 0. The minimum absolute atomic E-state index is 0. The number of hydrogen-bond acceptors (Lipinski definition) is 4. The lowest BCUT2D eigenvalue weighted by atomic mass is 10.1. The largest absolute Gasteiger partial charge is 0.480 e. The van der Waals surface area contributed by atoms with Crippen molar-refractivity contribution < 1.29 is 33.5 Å². The molecule has 0 unspecified atom stereocenters. The highest BCUT2D eigenvalue weighted by Crippen LogP contribution is 2.01. The molecule has 0 saturated carbocycles. The highest BCUT2D eigenvalue weighted by Gasteiger charge is 2.02. The summed E-state index contributed by atoms with van der Waals surface area (Å²) < 4.78 is 0. The molecule has 0 saturated heterocycles. The first kappa shape index (κ1) is 27.2. The van der Waals surface area contributed by atoms with Gasteiger partial charge in [-0.15, -0.1) is 16.5 Å². The van der Waals surface area contributed by atoms with E-state index in [-0.39, 0.29) is 21.0 Å². The molecule has 0 fully saturated rings. The summed E-state index contributed by atoms with van der Waals surface area (Å²) in [5.41, 5.74) is 0. The van der Waals surface area contributed by atoms with E-state index in [4.69, 9.17) is 26.9 Å². The third kappa shape index (κ3) is 42.8. The van der Waals surface area contributed by atoms with Gasteiger partial charge in [-0.05, 0) is 48.9 Å². The molecule has 26 heavy (non-hydrogen) atoms. The maximum absolute atomic E-state index is 10.9. The lowest BCUT2D eigenvalue weighted by Crippen LogP contribution is -2.28. The van der Waals surface area contributed by atoms with Crippen LogP contribution in [-0.2, 0) is 9.59 Å². The summed E-state index contributed by atoms with van der Waals surface area (Å²) in [6, 6.07) is 0. The van der Waals surface area contributed by atoms with Crippen molar-refractivity contribution in [1.82, 2.24) is 5.32 Å². The normalized spacial score (nSPS) is 6.96. The molecule has 8 heteroatoms. The molecule has 0 aliphatic carbocycles. The number of carboxylic acid groups (broad SMARTS) is 1. The van der Waals surface area contributed by atoms with E-state index < -0.39 is 11.1 Å². The van der Waals surface area contributed by atoms with Gasteiger partial charge in [0, 0.05) is 15.0 Å². The highest BCUT2D eigenvalue weighted by molar-refractivity contribution is 5.80. The fraction of sp³-hybridized carbons (Fsp3) is 0.444. The van der Waals surface area contributed by atoms with Crippen molar-refractivity contribution in [2.24, 2.45) is 0 Å². The Morgan fingerprint density at radius 1 is 1.15 bits per heavy atom. The zero-order chi connectivity index (χ0) is 20.6. The molecule has 8 nitrogen and oxygen atoms in total. The van der Waals surface area contributed by atoms with E-state index in [1.807, 2.05) is 0 Å². The van der Waals surface area contributed by atoms with Crippen LogP contribution in [0.4, 0.5) is 0 Å². The van der Waals surface area contributed by atoms with Crippen molar-refractivity contribution in [3.8, 4) is 47.9 Å². The third-order valence-electron chi connectivity index (χ3n) is 2.14. The number of carbonyl (C=O) groups excluding carboxylic acids is 1. The van der Waals surface area contributed by atoms with Gasteiger partial charge in [0.25, 0.3) is 5.09 Å². The van der Waals surface area contributed by atoms with Crippen molar-refractivity contribution in [1.29, 1.82) is 0 Å². The van der Waals surface area contributed by atoms with Crippen LogP contribution in [0.25, 0.3) is 0 Å². The van der Waals surface area contributed by atoms with Gasteiger partial charge in [0.2, 0.25) is 5.91 Å². The Labute approximate surface area is 162 Å². The second kappa shape index (κ2) is 23.6. The molecule has 1 amide bonds. The van der Waals surface area contributed by atoms with E-state index >= 15 is 0 Å². The Bertz CT molecular complexity index is 663. The number of terminal acetylenes is 1. The Morgan fingerprint density at radius 3 is 2.15 bits per heavy atom. The van der Waals surface area contributed by atoms with Crippen LogP contribution >= 0.6 is 0 Å². The third-order valence-corrected chi connectivity index (χ3v) is 2.14. The number of carboxylic acids is 1. The van der Waals surface area contributed by atoms with Crippen LogP contribution in [0.3, 0.4) is 0 Å². The van der Waals surface area contributed by atoms with Gasteiger partial charge >= 0.3 is 5.97 Å². The van der Waals surface area contributed by atoms with Gasteiger partial charge in [-0.1, -0.05) is 32.1 Å². The molecular formula is C18H34N2O6. The standard InChI is InChI=1S/C9H17NO3.C9H4.HNO3.6H2/c1-2-3-4-5-6-8(11)10-7-9(12)13;1-3-5-7-9-8-6-4-2;2-1(3)4;;;;;;/h2-7H2,1H3,(H,10,11)(H,12,13);1H,2H3;(H,2,3,4);6*1H. The maximum Gasteiger partial charge on any atom is 0.322 e. The zero-order valence-corrected chi connectivity index (χ0v) is 14.8. The Hall–Kier alpha value is -3.62. The van der Waals surface area contributed by atoms with Crippen LogP contribution in [0.5, 0.6) is 0 Å². The molecule has 0 radical (unpaired) electrons. The summed E-state index contributed by atoms with van der Waals surface area (Å²) in [6.07, 6.45) is 9.41. The molecule has 0 spiro atoms. The first-order valence-electron chi connectivity index (χ1n) is 7.50. The van der Waals surface area contributed by atoms with Crippen LogP contribution in [0.1, 0.15) is 54.5 Å². The second-order valence-electron chi connectivity index (χ2n) is 4.24. The average molecular weight is 374 g/mol. The number of rotatable bonds is 7. The molecule has 0 bridgehead atoms. The molecule has 152 valence electrons. The summed E-state index contributed by atoms with van der Waals surface area (Å²) in [6.45, 7) is 3.54. The van der Waals surface area contributed by atoms with E-state index in [0.717, 1.165) is 25.7 Å². The van der Waals surface area contributed by atoms with Gasteiger partial charge in [-0.3, -0.25) is 9.59 Å². The van der Waals surface area contributed by atoms with Crippen molar-refractivity contribution >= 4 is 11.9 Å². The number of nitrogens with zero attached hydrogens (tertiary/aromatic N) is 1. The summed E-state index contributed by atoms with van der Waals surface area (Å²) in [5.74, 6) is 15.8. The lowest BCUT2D eigenvalue weighted by Gasteiger charge is -2.01. The molecular weight excluding hydrogens is 340 g/mol. The summed E-state index contributed by atoms with van der Waals surface area (Å²) >= 11 is 0. The summed E-state index contributed by atoms with van der Waals surface area (Å²) in [5, 5.41) is 24.2. The van der Waals surface area contributed by atoms with Crippen molar-refractivity contribution in [3.05, 3.63) is 10.1 Å². The quantitative estimate of drug-likeness (QED) is 0.272. The molecule has 0 aliphatic heterocycles. The van der Waals surface area contributed by atoms with Crippen molar-refractivity contribution in [3.63, 3.8) is 0 Å². The molecule has 0 rings (SSSR count). The van der Waals surface area contributed by atoms with Gasteiger partial charge in [0.05, 0.1) is 0 Å². The predicted octanol–water partition coefficient (Wildman–Crippen LogP) is 2.94. The van der Waals surface area contributed by atoms with E-state index in [1.165, 1.54) is 0 Å². The molecule has 0 aromatic carbocycles. The monoisotopic (exact) mass is 374 g/mol. The fourth-order valence-corrected chi connectivity index (χ4v) is 1.17. The Morgan fingerprint density at radius 2 is 1.69 bits per heavy atom. The summed E-state index contributed by atoms with van der Waals surface area (Å²) in [4.78, 5) is 29.4. The zero-order valence-electron chi connectivity index (χ0n) is 14.8. The van der Waals surface area contributed by atoms with Gasteiger partial charge in [0.1, 0.15) is 6.54 Å². The molecule has 0 aromatic rings. The van der Waals surface area contributed by atoms with Crippen molar-refractivity contribution in [2.75, 3.05) is 6.54 Å². The van der Waals surface area contributed by atoms with E-state index in [9.17, 15) is 9.59 Å². The number of hydrogen-bond donors (Lipinski definition) is 3. The minimum Gasteiger partial charge on any atom is -0.480 e. The Kier molecular flexibility index (Phi) is 24.8. The number of carbonyl (C=O) groups is 2. The SMILES string of the molecule is C#CC#CC#CC#CC.CCCCCCC(=O)NCC(=O)O.O=[N+]([O-])O.[HH].[HH].[HH].[HH].[HH].[HH]. The van der Waals surface area contributed by atoms with Gasteiger partial charge in [-0.25, -0.2) is 0 Å². The van der Waals surface area contributed by atoms with Gasteiger partial charge in [-0.2, -0.15) is 0 Å². The number of unbranched alkanes of at least 4 members (excludes halogenated alkanes) is 3. The van der Waals surface area contributed by atoms with Crippen molar-refractivity contribution in [2.45, 2.75) is 46.0 Å². The average Bonchev–Trinajstić information content (AvgIpc) is 2.57. The van der Waals surface area contributed by atoms with Gasteiger partial charge in [0.15, 0.2) is 0 Å². The molecule has 3 N–H and O–H groups in total. The molecule has 0 atom stereocenters. The minimum atomic E-state index is -1.50. The van der Waals surface area contributed by atoms with Crippen LogP contribution in [0.2, 0.25) is 0 Å². The van der Waals surface area contributed by atoms with Crippen LogP contribution in [0, 0.1) is 58.0 Å². The predicted molar refractivity (Wildman–Crippen MR) is 109 cm³/mol. The fourth-order valence-electron chi connectivity index (χ4n) is 1.17. The second-order valence-corrected chi connectivity index (χ2v) is 4.24. The lowest BCUT2D eigenvalue weighted by molar-refractivity contribution is -0.742. The van der Waals surface area contributed by atoms with E-state index in [2.05, 4.69) is 53.7 Å². The molecule has 0 heterocycles. The van der Waals surface area contributed by atoms with E-state index in [1.54, 1.807) is 6.92 Å². The highest BCUT2D eigenvalue weighted by atomic mass is 16.9. The van der Waals surface area contributed by atoms with Crippen LogP contribution < -0.4 is 5.32 Å². The number of nitrogens with one attached hydrogen (secondary N) is 1. The number of amides is 1. The topological polar surface area (TPSA) is 130 Å².